The van der Waals surface area contributed by atoms with E-state index in [1.54, 1.807) is 6.07 Å². The molecule has 5 heteroatoms. The summed E-state index contributed by atoms with van der Waals surface area (Å²) in [4.78, 5) is 18.2. The lowest BCUT2D eigenvalue weighted by Crippen LogP contribution is -2.09. The number of hydrogen-bond donors (Lipinski definition) is 3. The molecule has 0 saturated carbocycles. The summed E-state index contributed by atoms with van der Waals surface area (Å²) < 4.78 is 0. The van der Waals surface area contributed by atoms with Gasteiger partial charge in [-0.2, -0.15) is 0 Å². The Morgan fingerprint density at radius 1 is 0.737 bits per heavy atom. The van der Waals surface area contributed by atoms with Crippen molar-refractivity contribution in [1.29, 1.82) is 0 Å². The van der Waals surface area contributed by atoms with Gasteiger partial charge in [0.15, 0.2) is 0 Å². The molecule has 0 aliphatic heterocycles. The molecule has 0 unspecified atom stereocenters. The zero-order valence-corrected chi connectivity index (χ0v) is 9.85. The fraction of sp³-hybridized carbons (Fsp3) is 0. The van der Waals surface area contributed by atoms with Crippen molar-refractivity contribution in [3.8, 4) is 16.9 Å². The van der Waals surface area contributed by atoms with Crippen molar-refractivity contribution in [3.63, 3.8) is 0 Å². The Kier molecular flexibility index (Phi) is 5.10. The van der Waals surface area contributed by atoms with Crippen molar-refractivity contribution >= 4 is 11.9 Å². The molecule has 0 atom stereocenters. The monoisotopic (exact) mass is 260 g/mol. The van der Waals surface area contributed by atoms with E-state index in [0.29, 0.717) is 5.75 Å². The quantitative estimate of drug-likeness (QED) is 0.683. The smallest absolute Gasteiger partial charge is 0.414 e. The maximum Gasteiger partial charge on any atom is 0.414 e. The standard InChI is InChI=1S/C12H10O.C2H2O4/c13-12-9-5-4-8-11(12)10-6-2-1-3-7-10;3-1(4)2(5)6/h1-9,13H;(H,3,4)(H,5,6). The number of carboxylic acid groups (broad SMARTS) is 2. The lowest BCUT2D eigenvalue weighted by Gasteiger charge is -2.02. The molecule has 2 aromatic rings. The zero-order valence-electron chi connectivity index (χ0n) is 9.85. The van der Waals surface area contributed by atoms with Crippen LogP contribution in [0.5, 0.6) is 5.75 Å². The molecule has 2 rings (SSSR count). The molecule has 0 aromatic heterocycles. The fourth-order valence-electron chi connectivity index (χ4n) is 1.34. The van der Waals surface area contributed by atoms with Crippen LogP contribution in [0, 0.1) is 0 Å². The number of phenolic OH excluding ortho intramolecular Hbond substituents is 1. The van der Waals surface area contributed by atoms with E-state index in [0.717, 1.165) is 11.1 Å². The summed E-state index contributed by atoms with van der Waals surface area (Å²) in [5.41, 5.74) is 1.92. The van der Waals surface area contributed by atoms with Crippen molar-refractivity contribution in [2.45, 2.75) is 0 Å². The lowest BCUT2D eigenvalue weighted by molar-refractivity contribution is -0.159. The van der Waals surface area contributed by atoms with Gasteiger partial charge < -0.3 is 15.3 Å². The summed E-state index contributed by atoms with van der Waals surface area (Å²) in [5.74, 6) is -3.32. The van der Waals surface area contributed by atoms with Crippen LogP contribution < -0.4 is 0 Å². The number of rotatable bonds is 1. The second-order valence-electron chi connectivity index (χ2n) is 3.49. The summed E-state index contributed by atoms with van der Waals surface area (Å²) in [5, 5.41) is 24.3. The molecule has 5 nitrogen and oxygen atoms in total. The van der Waals surface area contributed by atoms with E-state index in [9.17, 15) is 5.11 Å². The fourth-order valence-corrected chi connectivity index (χ4v) is 1.34. The van der Waals surface area contributed by atoms with Gasteiger partial charge in [-0.3, -0.25) is 0 Å². The van der Waals surface area contributed by atoms with Crippen LogP contribution in [-0.4, -0.2) is 27.3 Å². The maximum absolute atomic E-state index is 9.56. The topological polar surface area (TPSA) is 94.8 Å². The Bertz CT molecular complexity index is 551. The Morgan fingerprint density at radius 2 is 1.21 bits per heavy atom. The highest BCUT2D eigenvalue weighted by molar-refractivity contribution is 6.27. The number of benzene rings is 2. The van der Waals surface area contributed by atoms with Gasteiger partial charge in [-0.15, -0.1) is 0 Å². The highest BCUT2D eigenvalue weighted by atomic mass is 16.4. The Morgan fingerprint density at radius 3 is 1.68 bits per heavy atom. The van der Waals surface area contributed by atoms with Crippen molar-refractivity contribution in [2.24, 2.45) is 0 Å². The Balaban J connectivity index is 0.000000258. The van der Waals surface area contributed by atoms with Crippen LogP contribution in [0.25, 0.3) is 11.1 Å². The number of hydrogen-bond acceptors (Lipinski definition) is 3. The third-order valence-corrected chi connectivity index (χ3v) is 2.17. The second kappa shape index (κ2) is 6.80. The van der Waals surface area contributed by atoms with Gasteiger partial charge in [0, 0.05) is 5.56 Å². The minimum Gasteiger partial charge on any atom is -0.507 e. The van der Waals surface area contributed by atoms with Gasteiger partial charge >= 0.3 is 11.9 Å². The minimum absolute atomic E-state index is 0.328. The van der Waals surface area contributed by atoms with Crippen molar-refractivity contribution < 1.29 is 24.9 Å². The molecular formula is C14H12O5. The predicted molar refractivity (Wildman–Crippen MR) is 68.8 cm³/mol. The Labute approximate surface area is 109 Å². The summed E-state index contributed by atoms with van der Waals surface area (Å²) in [7, 11) is 0. The zero-order chi connectivity index (χ0) is 14.3. The van der Waals surface area contributed by atoms with Gasteiger partial charge in [-0.25, -0.2) is 9.59 Å². The first-order valence-corrected chi connectivity index (χ1v) is 5.32. The summed E-state index contributed by atoms with van der Waals surface area (Å²) in [6, 6.07) is 17.2. The summed E-state index contributed by atoms with van der Waals surface area (Å²) >= 11 is 0. The molecule has 0 heterocycles. The molecule has 0 amide bonds. The summed E-state index contributed by atoms with van der Waals surface area (Å²) in [6.07, 6.45) is 0. The molecule has 2 aromatic carbocycles. The van der Waals surface area contributed by atoms with Crippen LogP contribution in [0.15, 0.2) is 54.6 Å². The first kappa shape index (κ1) is 14.2. The molecule has 98 valence electrons. The van der Waals surface area contributed by atoms with Gasteiger partial charge in [0.1, 0.15) is 5.75 Å². The van der Waals surface area contributed by atoms with Crippen LogP contribution in [-0.2, 0) is 9.59 Å². The average Bonchev–Trinajstić information content (AvgIpc) is 2.41. The van der Waals surface area contributed by atoms with Crippen molar-refractivity contribution in [2.75, 3.05) is 0 Å². The van der Waals surface area contributed by atoms with Crippen LogP contribution in [0.3, 0.4) is 0 Å². The summed E-state index contributed by atoms with van der Waals surface area (Å²) in [6.45, 7) is 0. The van der Waals surface area contributed by atoms with Crippen LogP contribution in [0.1, 0.15) is 0 Å². The van der Waals surface area contributed by atoms with Crippen molar-refractivity contribution in [3.05, 3.63) is 54.6 Å². The van der Waals surface area contributed by atoms with Crippen LogP contribution >= 0.6 is 0 Å². The molecule has 0 aliphatic carbocycles. The number of carboxylic acids is 2. The molecule has 0 spiro atoms. The van der Waals surface area contributed by atoms with E-state index in [2.05, 4.69) is 0 Å². The van der Waals surface area contributed by atoms with Gasteiger partial charge in [0.2, 0.25) is 0 Å². The lowest BCUT2D eigenvalue weighted by atomic mass is 10.1. The molecule has 0 bridgehead atoms. The highest BCUT2D eigenvalue weighted by Gasteiger charge is 2.04. The first-order chi connectivity index (χ1) is 9.02. The average molecular weight is 260 g/mol. The number of para-hydroxylation sites is 1. The SMILES string of the molecule is O=C(O)C(=O)O.Oc1ccccc1-c1ccccc1. The van der Waals surface area contributed by atoms with Crippen LogP contribution in [0.2, 0.25) is 0 Å². The molecule has 3 N–H and O–H groups in total. The number of phenols is 1. The number of aromatic hydroxyl groups is 1. The van der Waals surface area contributed by atoms with E-state index >= 15 is 0 Å². The van der Waals surface area contributed by atoms with Gasteiger partial charge in [-0.05, 0) is 11.6 Å². The molecule has 0 saturated heterocycles. The van der Waals surface area contributed by atoms with E-state index in [1.807, 2.05) is 48.5 Å². The third-order valence-electron chi connectivity index (χ3n) is 2.17. The predicted octanol–water partition coefficient (Wildman–Crippen LogP) is 2.21. The van der Waals surface area contributed by atoms with E-state index < -0.39 is 11.9 Å². The third kappa shape index (κ3) is 4.51. The van der Waals surface area contributed by atoms with Gasteiger partial charge in [-0.1, -0.05) is 48.5 Å². The normalized spacial score (nSPS) is 9.05. The largest absolute Gasteiger partial charge is 0.507 e. The van der Waals surface area contributed by atoms with Crippen LogP contribution in [0.4, 0.5) is 0 Å². The number of carbonyl (C=O) groups is 2. The maximum atomic E-state index is 9.56. The second-order valence-corrected chi connectivity index (χ2v) is 3.49. The van der Waals surface area contributed by atoms with Gasteiger partial charge in [0.25, 0.3) is 0 Å². The molecule has 0 aliphatic rings. The van der Waals surface area contributed by atoms with E-state index in [1.165, 1.54) is 0 Å². The van der Waals surface area contributed by atoms with Crippen molar-refractivity contribution in [1.82, 2.24) is 0 Å². The van der Waals surface area contributed by atoms with Gasteiger partial charge in [0.05, 0.1) is 0 Å². The molecule has 0 fully saturated rings. The first-order valence-electron chi connectivity index (χ1n) is 5.32. The highest BCUT2D eigenvalue weighted by Crippen LogP contribution is 2.27. The molecular weight excluding hydrogens is 248 g/mol. The molecule has 19 heavy (non-hydrogen) atoms. The van der Waals surface area contributed by atoms with E-state index in [4.69, 9.17) is 19.8 Å². The Hall–Kier alpha value is -2.82. The minimum atomic E-state index is -1.82. The molecule has 0 radical (unpaired) electrons. The van der Waals surface area contributed by atoms with E-state index in [-0.39, 0.29) is 0 Å². The number of aliphatic carboxylic acids is 2.